The summed E-state index contributed by atoms with van der Waals surface area (Å²) in [6.45, 7) is 6.39. The minimum absolute atomic E-state index is 0.0245. The van der Waals surface area contributed by atoms with Gasteiger partial charge in [0, 0.05) is 49.1 Å². The van der Waals surface area contributed by atoms with Crippen molar-refractivity contribution in [2.45, 2.75) is 64.0 Å². The molecule has 0 aliphatic heterocycles. The third-order valence-corrected chi connectivity index (χ3v) is 8.11. The standard InChI is InChI=1S/C27H40N4O2S/c1-5-31(23-9-6-8-21(2)20-23)18-17-28-25(32)11-12-26(33)29-22-13-15-27(16-14-22,30(3)4)24-10-7-19-34-24/h6-10,19-20,22H,5,11-18H2,1-4H3,(H,28,32)(H,29,33). The van der Waals surface area contributed by atoms with E-state index >= 15 is 0 Å². The van der Waals surface area contributed by atoms with E-state index in [2.05, 4.69) is 90.2 Å². The largest absolute Gasteiger partial charge is 0.370 e. The van der Waals surface area contributed by atoms with Crippen molar-refractivity contribution in [3.05, 3.63) is 52.2 Å². The van der Waals surface area contributed by atoms with Crippen LogP contribution in [0.3, 0.4) is 0 Å². The lowest BCUT2D eigenvalue weighted by Crippen LogP contribution is -2.48. The van der Waals surface area contributed by atoms with E-state index in [1.54, 1.807) is 0 Å². The van der Waals surface area contributed by atoms with Gasteiger partial charge in [0.1, 0.15) is 0 Å². The molecule has 1 fully saturated rings. The van der Waals surface area contributed by atoms with Gasteiger partial charge in [-0.3, -0.25) is 14.5 Å². The molecule has 0 unspecified atom stereocenters. The molecule has 1 aliphatic rings. The Morgan fingerprint density at radius 3 is 2.44 bits per heavy atom. The highest BCUT2D eigenvalue weighted by Gasteiger charge is 2.39. The highest BCUT2D eigenvalue weighted by Crippen LogP contribution is 2.43. The fraction of sp³-hybridized carbons (Fsp3) is 0.556. The fourth-order valence-electron chi connectivity index (χ4n) is 4.94. The summed E-state index contributed by atoms with van der Waals surface area (Å²) in [5, 5.41) is 8.27. The van der Waals surface area contributed by atoms with Gasteiger partial charge in [-0.05, 0) is 82.8 Å². The number of hydrogen-bond donors (Lipinski definition) is 2. The normalized spacial score (nSPS) is 20.2. The molecule has 34 heavy (non-hydrogen) atoms. The molecule has 1 aromatic carbocycles. The molecule has 1 heterocycles. The summed E-state index contributed by atoms with van der Waals surface area (Å²) in [4.78, 5) is 30.7. The van der Waals surface area contributed by atoms with Crippen LogP contribution in [0.4, 0.5) is 5.69 Å². The topological polar surface area (TPSA) is 64.7 Å². The summed E-state index contributed by atoms with van der Waals surface area (Å²) < 4.78 is 0. The second-order valence-electron chi connectivity index (χ2n) is 9.51. The number of anilines is 1. The van der Waals surface area contributed by atoms with E-state index in [-0.39, 0.29) is 36.2 Å². The zero-order chi connectivity index (χ0) is 24.6. The van der Waals surface area contributed by atoms with Crippen molar-refractivity contribution in [1.29, 1.82) is 0 Å². The molecule has 186 valence electrons. The Morgan fingerprint density at radius 2 is 1.82 bits per heavy atom. The molecule has 2 aromatic rings. The zero-order valence-electron chi connectivity index (χ0n) is 21.1. The van der Waals surface area contributed by atoms with Gasteiger partial charge in [-0.2, -0.15) is 0 Å². The first-order valence-electron chi connectivity index (χ1n) is 12.4. The van der Waals surface area contributed by atoms with E-state index in [9.17, 15) is 9.59 Å². The summed E-state index contributed by atoms with van der Waals surface area (Å²) in [6, 6.07) is 12.9. The first-order valence-corrected chi connectivity index (χ1v) is 13.3. The van der Waals surface area contributed by atoms with E-state index in [0.29, 0.717) is 6.54 Å². The molecule has 1 aliphatic carbocycles. The summed E-state index contributed by atoms with van der Waals surface area (Å²) in [5.74, 6) is -0.0908. The van der Waals surface area contributed by atoms with Crippen LogP contribution in [0.5, 0.6) is 0 Å². The maximum Gasteiger partial charge on any atom is 0.220 e. The Labute approximate surface area is 208 Å². The summed E-state index contributed by atoms with van der Waals surface area (Å²) in [6.07, 6.45) is 4.44. The molecule has 7 heteroatoms. The van der Waals surface area contributed by atoms with Crippen LogP contribution in [-0.4, -0.2) is 56.5 Å². The number of amides is 2. The van der Waals surface area contributed by atoms with E-state index < -0.39 is 0 Å². The van der Waals surface area contributed by atoms with Gasteiger partial charge in [0.15, 0.2) is 0 Å². The monoisotopic (exact) mass is 484 g/mol. The predicted molar refractivity (Wildman–Crippen MR) is 141 cm³/mol. The molecule has 0 spiro atoms. The Bertz CT molecular complexity index is 920. The van der Waals surface area contributed by atoms with Gasteiger partial charge in [0.2, 0.25) is 11.8 Å². The lowest BCUT2D eigenvalue weighted by atomic mass is 9.77. The number of carbonyl (C=O) groups is 2. The van der Waals surface area contributed by atoms with E-state index in [1.165, 1.54) is 16.1 Å². The van der Waals surface area contributed by atoms with Crippen LogP contribution in [-0.2, 0) is 15.1 Å². The van der Waals surface area contributed by atoms with Gasteiger partial charge < -0.3 is 15.5 Å². The van der Waals surface area contributed by atoms with Crippen molar-refractivity contribution in [2.75, 3.05) is 38.6 Å². The third kappa shape index (κ3) is 6.83. The Kier molecular flexibility index (Phi) is 9.54. The molecule has 0 radical (unpaired) electrons. The van der Waals surface area contributed by atoms with Gasteiger partial charge in [0.05, 0.1) is 5.54 Å². The van der Waals surface area contributed by atoms with Crippen LogP contribution in [0.1, 0.15) is 55.9 Å². The van der Waals surface area contributed by atoms with Crippen molar-refractivity contribution in [3.8, 4) is 0 Å². The molecule has 3 rings (SSSR count). The van der Waals surface area contributed by atoms with E-state index in [0.717, 1.165) is 38.8 Å². The average molecular weight is 485 g/mol. The minimum atomic E-state index is -0.0663. The zero-order valence-corrected chi connectivity index (χ0v) is 21.9. The molecule has 0 bridgehead atoms. The van der Waals surface area contributed by atoms with Gasteiger partial charge >= 0.3 is 0 Å². The average Bonchev–Trinajstić information content (AvgIpc) is 3.36. The maximum absolute atomic E-state index is 12.5. The number of rotatable bonds is 11. The van der Waals surface area contributed by atoms with E-state index in [1.807, 2.05) is 11.3 Å². The highest BCUT2D eigenvalue weighted by molar-refractivity contribution is 7.10. The summed E-state index contributed by atoms with van der Waals surface area (Å²) >= 11 is 1.82. The lowest BCUT2D eigenvalue weighted by molar-refractivity contribution is -0.127. The number of aryl methyl sites for hydroxylation is 1. The Morgan fingerprint density at radius 1 is 1.09 bits per heavy atom. The number of hydrogen-bond acceptors (Lipinski definition) is 5. The van der Waals surface area contributed by atoms with Crippen molar-refractivity contribution in [3.63, 3.8) is 0 Å². The van der Waals surface area contributed by atoms with Crippen LogP contribution < -0.4 is 15.5 Å². The van der Waals surface area contributed by atoms with Gasteiger partial charge in [0.25, 0.3) is 0 Å². The third-order valence-electron chi connectivity index (χ3n) is 7.05. The first kappa shape index (κ1) is 26.2. The fourth-order valence-corrected chi connectivity index (χ4v) is 6.00. The first-order chi connectivity index (χ1) is 16.3. The van der Waals surface area contributed by atoms with Crippen LogP contribution in [0.25, 0.3) is 0 Å². The molecule has 1 saturated carbocycles. The Balaban J connectivity index is 1.36. The number of thiophene rings is 1. The Hall–Kier alpha value is -2.38. The van der Waals surface area contributed by atoms with Crippen molar-refractivity contribution in [2.24, 2.45) is 0 Å². The predicted octanol–water partition coefficient (Wildman–Crippen LogP) is 4.30. The molecule has 2 amide bonds. The summed E-state index contributed by atoms with van der Waals surface area (Å²) in [5.41, 5.74) is 2.46. The molecule has 0 atom stereocenters. The van der Waals surface area contributed by atoms with Crippen LogP contribution >= 0.6 is 11.3 Å². The molecule has 1 aromatic heterocycles. The lowest BCUT2D eigenvalue weighted by Gasteiger charge is -2.44. The van der Waals surface area contributed by atoms with Crippen molar-refractivity contribution < 1.29 is 9.59 Å². The van der Waals surface area contributed by atoms with Crippen molar-refractivity contribution in [1.82, 2.24) is 15.5 Å². The molecule has 6 nitrogen and oxygen atoms in total. The smallest absolute Gasteiger partial charge is 0.220 e. The van der Waals surface area contributed by atoms with Gasteiger partial charge in [-0.1, -0.05) is 18.2 Å². The van der Waals surface area contributed by atoms with Crippen LogP contribution in [0.15, 0.2) is 41.8 Å². The van der Waals surface area contributed by atoms with Crippen LogP contribution in [0.2, 0.25) is 0 Å². The highest BCUT2D eigenvalue weighted by atomic mass is 32.1. The van der Waals surface area contributed by atoms with Gasteiger partial charge in [-0.25, -0.2) is 0 Å². The number of nitrogens with one attached hydrogen (secondary N) is 2. The second kappa shape index (κ2) is 12.4. The van der Waals surface area contributed by atoms with Crippen LogP contribution in [0, 0.1) is 6.92 Å². The van der Waals surface area contributed by atoms with E-state index in [4.69, 9.17) is 0 Å². The maximum atomic E-state index is 12.5. The van der Waals surface area contributed by atoms with Crippen molar-refractivity contribution >= 4 is 28.8 Å². The second-order valence-corrected chi connectivity index (χ2v) is 10.5. The molecular formula is C27H40N4O2S. The van der Waals surface area contributed by atoms with Gasteiger partial charge in [-0.15, -0.1) is 11.3 Å². The minimum Gasteiger partial charge on any atom is -0.370 e. The number of carbonyl (C=O) groups excluding carboxylic acids is 2. The number of nitrogens with zero attached hydrogens (tertiary/aromatic N) is 2. The molecule has 0 saturated heterocycles. The quantitative estimate of drug-likeness (QED) is 0.499. The SMILES string of the molecule is CCN(CCNC(=O)CCC(=O)NC1CCC(c2cccs2)(N(C)C)CC1)c1cccc(C)c1. The summed E-state index contributed by atoms with van der Waals surface area (Å²) in [7, 11) is 4.30. The number of likely N-dealkylation sites (N-methyl/N-ethyl adjacent to an activating group) is 1. The molecular weight excluding hydrogens is 444 g/mol. The molecule has 2 N–H and O–H groups in total. The number of benzene rings is 1.